The Morgan fingerprint density at radius 2 is 2.08 bits per heavy atom. The number of benzene rings is 1. The number of para-hydroxylation sites is 1. The molecule has 1 aromatic carbocycles. The largest absolute Gasteiger partial charge is 0.385 e. The van der Waals surface area contributed by atoms with Crippen LogP contribution in [-0.4, -0.2) is 40.9 Å². The molecule has 3 rings (SSSR count). The highest BCUT2D eigenvalue weighted by Gasteiger charge is 2.18. The summed E-state index contributed by atoms with van der Waals surface area (Å²) in [6.45, 7) is 1.13. The lowest BCUT2D eigenvalue weighted by molar-refractivity contribution is 0.0938. The van der Waals surface area contributed by atoms with Crippen molar-refractivity contribution in [2.45, 2.75) is 6.42 Å². The predicted octanol–water partition coefficient (Wildman–Crippen LogP) is 2.76. The van der Waals surface area contributed by atoms with Crippen molar-refractivity contribution in [1.82, 2.24) is 20.1 Å². The van der Waals surface area contributed by atoms with Gasteiger partial charge in [-0.2, -0.15) is 0 Å². The molecule has 2 heterocycles. The van der Waals surface area contributed by atoms with Gasteiger partial charge < -0.3 is 10.1 Å². The molecule has 6 nitrogen and oxygen atoms in total. The van der Waals surface area contributed by atoms with Crippen molar-refractivity contribution in [3.05, 3.63) is 53.7 Å². The van der Waals surface area contributed by atoms with Gasteiger partial charge >= 0.3 is 0 Å². The molecule has 0 spiro atoms. The quantitative estimate of drug-likeness (QED) is 0.670. The van der Waals surface area contributed by atoms with Gasteiger partial charge in [-0.05, 0) is 30.0 Å². The number of hydrogen-bond acceptors (Lipinski definition) is 5. The van der Waals surface area contributed by atoms with Gasteiger partial charge in [0.25, 0.3) is 5.91 Å². The zero-order chi connectivity index (χ0) is 16.8. The summed E-state index contributed by atoms with van der Waals surface area (Å²) in [5.74, 6) is 0.552. The summed E-state index contributed by atoms with van der Waals surface area (Å²) < 4.78 is 6.68. The maximum Gasteiger partial charge on any atom is 0.290 e. The smallest absolute Gasteiger partial charge is 0.290 e. The first-order valence-corrected chi connectivity index (χ1v) is 8.51. The zero-order valence-corrected chi connectivity index (χ0v) is 14.1. The molecular weight excluding hydrogens is 324 g/mol. The van der Waals surface area contributed by atoms with Crippen LogP contribution in [0.15, 0.2) is 47.8 Å². The van der Waals surface area contributed by atoms with E-state index in [1.165, 1.54) is 0 Å². The summed E-state index contributed by atoms with van der Waals surface area (Å²) in [5, 5.41) is 9.20. The number of nitrogens with zero attached hydrogens (tertiary/aromatic N) is 3. The minimum absolute atomic E-state index is 0.166. The maximum absolute atomic E-state index is 12.3. The number of methoxy groups -OCH3 is 1. The number of ether oxygens (including phenoxy) is 1. The van der Waals surface area contributed by atoms with Crippen molar-refractivity contribution in [2.75, 3.05) is 20.3 Å². The fourth-order valence-corrected chi connectivity index (χ4v) is 2.92. The minimum Gasteiger partial charge on any atom is -0.385 e. The van der Waals surface area contributed by atoms with Crippen molar-refractivity contribution in [1.29, 1.82) is 0 Å². The van der Waals surface area contributed by atoms with Crippen molar-refractivity contribution in [2.24, 2.45) is 0 Å². The van der Waals surface area contributed by atoms with Gasteiger partial charge in [-0.3, -0.25) is 4.79 Å². The van der Waals surface area contributed by atoms with Gasteiger partial charge in [0.15, 0.2) is 5.82 Å². The number of nitrogens with one attached hydrogen (secondary N) is 1. The molecule has 0 saturated heterocycles. The second-order valence-electron chi connectivity index (χ2n) is 5.09. The topological polar surface area (TPSA) is 69.0 Å². The Kier molecular flexibility index (Phi) is 5.35. The van der Waals surface area contributed by atoms with Crippen LogP contribution in [0.25, 0.3) is 16.4 Å². The van der Waals surface area contributed by atoms with Gasteiger partial charge in [-0.1, -0.05) is 24.3 Å². The highest BCUT2D eigenvalue weighted by molar-refractivity contribution is 7.13. The standard InChI is InChI=1S/C17H18N4O2S/c1-23-11-6-10-18-17(22)15-19-16(14-9-5-12-24-14)21(20-15)13-7-3-2-4-8-13/h2-5,7-9,12H,6,10-11H2,1H3,(H,18,22). The van der Waals surface area contributed by atoms with Gasteiger partial charge in [-0.15, -0.1) is 16.4 Å². The Morgan fingerprint density at radius 1 is 1.25 bits per heavy atom. The molecule has 124 valence electrons. The molecule has 1 amide bonds. The normalized spacial score (nSPS) is 10.7. The molecular formula is C17H18N4O2S. The SMILES string of the molecule is COCCCNC(=O)c1nc(-c2cccs2)n(-c2ccccc2)n1. The van der Waals surface area contributed by atoms with E-state index < -0.39 is 0 Å². The van der Waals surface area contributed by atoms with E-state index in [9.17, 15) is 4.79 Å². The molecule has 0 aliphatic carbocycles. The first-order valence-electron chi connectivity index (χ1n) is 7.63. The number of carbonyl (C=O) groups is 1. The van der Waals surface area contributed by atoms with Crippen LogP contribution in [0.4, 0.5) is 0 Å². The van der Waals surface area contributed by atoms with Crippen molar-refractivity contribution >= 4 is 17.2 Å². The summed E-state index contributed by atoms with van der Waals surface area (Å²) in [7, 11) is 1.64. The van der Waals surface area contributed by atoms with E-state index in [0.717, 1.165) is 17.0 Å². The summed E-state index contributed by atoms with van der Waals surface area (Å²) in [6, 6.07) is 13.6. The highest BCUT2D eigenvalue weighted by atomic mass is 32.1. The van der Waals surface area contributed by atoms with E-state index in [2.05, 4.69) is 15.4 Å². The Morgan fingerprint density at radius 3 is 2.79 bits per heavy atom. The molecule has 24 heavy (non-hydrogen) atoms. The average molecular weight is 342 g/mol. The predicted molar refractivity (Wildman–Crippen MR) is 93.5 cm³/mol. The van der Waals surface area contributed by atoms with Crippen LogP contribution < -0.4 is 5.32 Å². The second kappa shape index (κ2) is 7.85. The van der Waals surface area contributed by atoms with E-state index in [1.807, 2.05) is 47.8 Å². The van der Waals surface area contributed by atoms with E-state index in [-0.39, 0.29) is 11.7 Å². The van der Waals surface area contributed by atoms with Gasteiger partial charge in [0.2, 0.25) is 5.82 Å². The van der Waals surface area contributed by atoms with Crippen LogP contribution in [-0.2, 0) is 4.74 Å². The Hall–Kier alpha value is -2.51. The van der Waals surface area contributed by atoms with Crippen LogP contribution >= 0.6 is 11.3 Å². The fourth-order valence-electron chi connectivity index (χ4n) is 2.22. The third-order valence-corrected chi connectivity index (χ3v) is 4.23. The molecule has 0 radical (unpaired) electrons. The number of aromatic nitrogens is 3. The van der Waals surface area contributed by atoms with Gasteiger partial charge in [0.1, 0.15) is 0 Å². The Bertz CT molecular complexity index is 784. The molecule has 0 atom stereocenters. The monoisotopic (exact) mass is 342 g/mol. The lowest BCUT2D eigenvalue weighted by Crippen LogP contribution is -2.26. The molecule has 7 heteroatoms. The van der Waals surface area contributed by atoms with Crippen LogP contribution in [0, 0.1) is 0 Å². The first kappa shape index (κ1) is 16.4. The summed E-state index contributed by atoms with van der Waals surface area (Å²) in [5.41, 5.74) is 0.867. The molecule has 0 aliphatic heterocycles. The van der Waals surface area contributed by atoms with E-state index in [4.69, 9.17) is 4.74 Å². The molecule has 3 aromatic rings. The van der Waals surface area contributed by atoms with Gasteiger partial charge in [0, 0.05) is 20.3 Å². The molecule has 2 aromatic heterocycles. The summed E-state index contributed by atoms with van der Waals surface area (Å²) in [4.78, 5) is 17.7. The van der Waals surface area contributed by atoms with Crippen LogP contribution in [0.2, 0.25) is 0 Å². The number of rotatable bonds is 7. The average Bonchev–Trinajstić information content (AvgIpc) is 3.28. The van der Waals surface area contributed by atoms with E-state index in [0.29, 0.717) is 19.0 Å². The molecule has 0 fully saturated rings. The third-order valence-electron chi connectivity index (χ3n) is 3.36. The minimum atomic E-state index is -0.279. The fraction of sp³-hybridized carbons (Fsp3) is 0.235. The van der Waals surface area contributed by atoms with Crippen LogP contribution in [0.1, 0.15) is 17.0 Å². The summed E-state index contributed by atoms with van der Waals surface area (Å²) >= 11 is 1.56. The number of hydrogen-bond donors (Lipinski definition) is 1. The van der Waals surface area contributed by atoms with Gasteiger partial charge in [0.05, 0.1) is 10.6 Å². The molecule has 0 bridgehead atoms. The van der Waals surface area contributed by atoms with E-state index in [1.54, 1.807) is 23.1 Å². The van der Waals surface area contributed by atoms with Crippen LogP contribution in [0.5, 0.6) is 0 Å². The van der Waals surface area contributed by atoms with E-state index >= 15 is 0 Å². The maximum atomic E-state index is 12.3. The summed E-state index contributed by atoms with van der Waals surface area (Å²) in [6.07, 6.45) is 0.749. The van der Waals surface area contributed by atoms with Gasteiger partial charge in [-0.25, -0.2) is 9.67 Å². The highest BCUT2D eigenvalue weighted by Crippen LogP contribution is 2.25. The second-order valence-corrected chi connectivity index (χ2v) is 6.03. The lowest BCUT2D eigenvalue weighted by atomic mass is 10.3. The Balaban J connectivity index is 1.88. The number of amides is 1. The van der Waals surface area contributed by atoms with Crippen molar-refractivity contribution in [3.8, 4) is 16.4 Å². The van der Waals surface area contributed by atoms with Crippen LogP contribution in [0.3, 0.4) is 0 Å². The van der Waals surface area contributed by atoms with Crippen molar-refractivity contribution < 1.29 is 9.53 Å². The Labute approximate surface area is 144 Å². The molecule has 0 unspecified atom stereocenters. The van der Waals surface area contributed by atoms with Crippen molar-refractivity contribution in [3.63, 3.8) is 0 Å². The third kappa shape index (κ3) is 3.69. The number of thiophene rings is 1. The zero-order valence-electron chi connectivity index (χ0n) is 13.3. The molecule has 0 saturated carbocycles. The molecule has 1 N–H and O–H groups in total. The number of carbonyl (C=O) groups excluding carboxylic acids is 1. The molecule has 0 aliphatic rings. The lowest BCUT2D eigenvalue weighted by Gasteiger charge is -2.03. The first-order chi connectivity index (χ1) is 11.8.